The number of rotatable bonds is 5. The molecule has 3 heterocycles. The lowest BCUT2D eigenvalue weighted by Gasteiger charge is -2.34. The summed E-state index contributed by atoms with van der Waals surface area (Å²) in [5.41, 5.74) is 3.48. The van der Waals surface area contributed by atoms with Crippen LogP contribution in [0.25, 0.3) is 11.0 Å². The van der Waals surface area contributed by atoms with Crippen molar-refractivity contribution >= 4 is 28.5 Å². The van der Waals surface area contributed by atoms with Crippen molar-refractivity contribution < 1.29 is 9.59 Å². The highest BCUT2D eigenvalue weighted by atomic mass is 16.2. The summed E-state index contributed by atoms with van der Waals surface area (Å²) in [6.45, 7) is 4.36. The van der Waals surface area contributed by atoms with Crippen LogP contribution in [0.15, 0.2) is 48.5 Å². The zero-order valence-electron chi connectivity index (χ0n) is 19.2. The molecule has 3 atom stereocenters. The second kappa shape index (κ2) is 8.63. The number of hydrogen-bond donors (Lipinski definition) is 3. The van der Waals surface area contributed by atoms with Gasteiger partial charge in [0.05, 0.1) is 23.1 Å². The molecule has 1 aromatic heterocycles. The van der Waals surface area contributed by atoms with Crippen LogP contribution in [-0.4, -0.2) is 50.8 Å². The van der Waals surface area contributed by atoms with E-state index in [1.54, 1.807) is 0 Å². The first-order chi connectivity index (χ1) is 15.9. The molecule has 0 radical (unpaired) electrons. The van der Waals surface area contributed by atoms with Crippen molar-refractivity contribution in [2.75, 3.05) is 11.9 Å². The average molecular weight is 446 g/mol. The monoisotopic (exact) mass is 445 g/mol. The Bertz CT molecular complexity index is 1170. The molecule has 3 aromatic rings. The number of fused-ring (bicyclic) bond motifs is 2. The molecule has 2 aromatic carbocycles. The number of nitrogens with zero attached hydrogens (tertiary/aromatic N) is 2. The number of carbonyl (C=O) groups excluding carboxylic acids is 2. The van der Waals surface area contributed by atoms with Gasteiger partial charge in [0.2, 0.25) is 11.8 Å². The van der Waals surface area contributed by atoms with Crippen LogP contribution >= 0.6 is 0 Å². The molecule has 5 rings (SSSR count). The van der Waals surface area contributed by atoms with E-state index in [2.05, 4.69) is 56.7 Å². The van der Waals surface area contributed by atoms with Gasteiger partial charge in [0, 0.05) is 24.2 Å². The lowest BCUT2D eigenvalue weighted by atomic mass is 9.89. The fourth-order valence-corrected chi connectivity index (χ4v) is 5.72. The molecule has 2 fully saturated rings. The molecular weight excluding hydrogens is 414 g/mol. The van der Waals surface area contributed by atoms with E-state index in [0.29, 0.717) is 13.0 Å². The average Bonchev–Trinajstić information content (AvgIpc) is 3.19. The fourth-order valence-electron chi connectivity index (χ4n) is 5.72. The largest absolute Gasteiger partial charge is 0.349 e. The molecule has 7 heteroatoms. The van der Waals surface area contributed by atoms with Crippen molar-refractivity contribution in [2.24, 2.45) is 0 Å². The Morgan fingerprint density at radius 1 is 1.24 bits per heavy atom. The summed E-state index contributed by atoms with van der Waals surface area (Å²) in [4.78, 5) is 35.5. The number of hydrogen-bond acceptors (Lipinski definition) is 4. The third-order valence-electron chi connectivity index (χ3n) is 7.10. The molecule has 0 aliphatic carbocycles. The third-order valence-corrected chi connectivity index (χ3v) is 7.10. The van der Waals surface area contributed by atoms with E-state index in [0.717, 1.165) is 48.2 Å². The molecule has 2 aliphatic heterocycles. The normalized spacial score (nSPS) is 25.5. The van der Waals surface area contributed by atoms with Crippen LogP contribution in [0.5, 0.6) is 0 Å². The van der Waals surface area contributed by atoms with E-state index in [4.69, 9.17) is 0 Å². The summed E-state index contributed by atoms with van der Waals surface area (Å²) in [7, 11) is 0. The lowest BCUT2D eigenvalue weighted by Crippen LogP contribution is -2.54. The standard InChI is InChI=1S/C26H31N5O2/c1-17-27-21-12-11-19(14-22(21)28-17)29-25(33)16-31-20(13-18-7-4-3-5-8-18)15-26(2)23(31)9-6-10-24(32)30-26/h3-5,7-8,11-12,14,20,23H,6,9-10,13,15-16H2,1-2H3,(H,27,28)(H,29,33)(H,30,32)/t20-,23+,26+/m1/s1. The molecular formula is C26H31N5O2. The Hall–Kier alpha value is -3.19. The SMILES string of the molecule is Cc1nc2ccc(NC(=O)CN3[C@H](Cc4ccccc4)C[C@]4(C)NC(=O)CCC[C@H]34)cc2[nH]1. The zero-order valence-corrected chi connectivity index (χ0v) is 19.2. The lowest BCUT2D eigenvalue weighted by molar-refractivity contribution is -0.122. The summed E-state index contributed by atoms with van der Waals surface area (Å²) in [6, 6.07) is 16.4. The van der Waals surface area contributed by atoms with Gasteiger partial charge in [0.1, 0.15) is 5.82 Å². The molecule has 33 heavy (non-hydrogen) atoms. The minimum absolute atomic E-state index is 0.0385. The van der Waals surface area contributed by atoms with Gasteiger partial charge in [0.15, 0.2) is 0 Å². The van der Waals surface area contributed by atoms with Crippen molar-refractivity contribution in [3.05, 3.63) is 59.9 Å². The van der Waals surface area contributed by atoms with Crippen molar-refractivity contribution in [3.63, 3.8) is 0 Å². The Kier molecular flexibility index (Phi) is 5.66. The number of benzene rings is 2. The third kappa shape index (κ3) is 4.50. The van der Waals surface area contributed by atoms with Gasteiger partial charge in [0.25, 0.3) is 0 Å². The summed E-state index contributed by atoms with van der Waals surface area (Å²) in [5, 5.41) is 6.36. The maximum Gasteiger partial charge on any atom is 0.238 e. The van der Waals surface area contributed by atoms with Crippen LogP contribution < -0.4 is 10.6 Å². The first kappa shape index (κ1) is 21.6. The first-order valence-electron chi connectivity index (χ1n) is 11.8. The quantitative estimate of drug-likeness (QED) is 0.560. The van der Waals surface area contributed by atoms with Gasteiger partial charge < -0.3 is 15.6 Å². The number of aryl methyl sites for hydroxylation is 1. The van der Waals surface area contributed by atoms with Crippen molar-refractivity contribution in [2.45, 2.75) is 63.6 Å². The Labute approximate surface area is 194 Å². The van der Waals surface area contributed by atoms with Crippen molar-refractivity contribution in [3.8, 4) is 0 Å². The van der Waals surface area contributed by atoms with Gasteiger partial charge in [-0.25, -0.2) is 4.98 Å². The Morgan fingerprint density at radius 3 is 2.88 bits per heavy atom. The maximum atomic E-state index is 13.2. The predicted molar refractivity (Wildman–Crippen MR) is 129 cm³/mol. The van der Waals surface area contributed by atoms with Crippen LogP contribution in [0.3, 0.4) is 0 Å². The van der Waals surface area contributed by atoms with E-state index >= 15 is 0 Å². The minimum atomic E-state index is -0.320. The molecule has 3 N–H and O–H groups in total. The first-order valence-corrected chi connectivity index (χ1v) is 11.8. The number of imidazole rings is 1. The Morgan fingerprint density at radius 2 is 2.06 bits per heavy atom. The van der Waals surface area contributed by atoms with Crippen LogP contribution in [0.2, 0.25) is 0 Å². The summed E-state index contributed by atoms with van der Waals surface area (Å²) in [6.07, 6.45) is 4.00. The minimum Gasteiger partial charge on any atom is -0.349 e. The molecule has 2 aliphatic rings. The predicted octanol–water partition coefficient (Wildman–Crippen LogP) is 3.55. The van der Waals surface area contributed by atoms with E-state index in [-0.39, 0.29) is 29.4 Å². The number of H-pyrrole nitrogens is 1. The number of aromatic nitrogens is 2. The number of aromatic amines is 1. The van der Waals surface area contributed by atoms with Crippen molar-refractivity contribution in [1.82, 2.24) is 20.2 Å². The molecule has 2 amide bonds. The van der Waals surface area contributed by atoms with Gasteiger partial charge in [-0.1, -0.05) is 30.3 Å². The molecule has 0 bridgehead atoms. The van der Waals surface area contributed by atoms with E-state index in [9.17, 15) is 9.59 Å². The van der Waals surface area contributed by atoms with Gasteiger partial charge in [-0.15, -0.1) is 0 Å². The smallest absolute Gasteiger partial charge is 0.238 e. The molecule has 7 nitrogen and oxygen atoms in total. The van der Waals surface area contributed by atoms with E-state index in [1.807, 2.05) is 31.2 Å². The Balaban J connectivity index is 1.36. The van der Waals surface area contributed by atoms with E-state index < -0.39 is 0 Å². The van der Waals surface area contributed by atoms with Gasteiger partial charge in [-0.3, -0.25) is 14.5 Å². The highest BCUT2D eigenvalue weighted by molar-refractivity contribution is 5.94. The number of likely N-dealkylation sites (tertiary alicyclic amines) is 1. The van der Waals surface area contributed by atoms with Crippen molar-refractivity contribution in [1.29, 1.82) is 0 Å². The topological polar surface area (TPSA) is 90.1 Å². The number of anilines is 1. The second-order valence-electron chi connectivity index (χ2n) is 9.70. The number of nitrogens with one attached hydrogen (secondary N) is 3. The summed E-state index contributed by atoms with van der Waals surface area (Å²) < 4.78 is 0. The van der Waals surface area contributed by atoms with Crippen LogP contribution in [0.1, 0.15) is 44.0 Å². The molecule has 0 saturated carbocycles. The second-order valence-corrected chi connectivity index (χ2v) is 9.70. The molecule has 0 spiro atoms. The van der Waals surface area contributed by atoms with Gasteiger partial charge in [-0.05, 0) is 63.3 Å². The fraction of sp³-hybridized carbons (Fsp3) is 0.423. The highest BCUT2D eigenvalue weighted by Gasteiger charge is 2.50. The molecule has 172 valence electrons. The van der Waals surface area contributed by atoms with Gasteiger partial charge in [-0.2, -0.15) is 0 Å². The van der Waals surface area contributed by atoms with Crippen LogP contribution in [0.4, 0.5) is 5.69 Å². The molecule has 2 saturated heterocycles. The van der Waals surface area contributed by atoms with Crippen LogP contribution in [-0.2, 0) is 16.0 Å². The molecule has 0 unspecified atom stereocenters. The van der Waals surface area contributed by atoms with Gasteiger partial charge >= 0.3 is 0 Å². The maximum absolute atomic E-state index is 13.2. The number of amides is 2. The number of carbonyl (C=O) groups is 2. The highest BCUT2D eigenvalue weighted by Crippen LogP contribution is 2.39. The zero-order chi connectivity index (χ0) is 23.0. The summed E-state index contributed by atoms with van der Waals surface area (Å²) in [5.74, 6) is 0.931. The van der Waals surface area contributed by atoms with E-state index in [1.165, 1.54) is 5.56 Å². The van der Waals surface area contributed by atoms with Crippen LogP contribution in [0, 0.1) is 6.92 Å². The summed E-state index contributed by atoms with van der Waals surface area (Å²) >= 11 is 0.